The van der Waals surface area contributed by atoms with Gasteiger partial charge in [-0.05, 0) is 42.5 Å². The molecular formula is C24H32N8O3. The standard InChI is InChI=1S/C24H32N8O3/c1-14(2)19-12-24(19,22(26)35)30-23-27-13-18(20(25)34)21(29-23)28-16-4-6-17(7-5-16)32-10-8-31(9-11-32)15(3)33/h4-7,13-14,19H,8-12H2,1-3H3,(H2,25,34)(H2,26,35)(H2,27,28,29,30). The van der Waals surface area contributed by atoms with Gasteiger partial charge in [0.25, 0.3) is 5.91 Å². The predicted molar refractivity (Wildman–Crippen MR) is 133 cm³/mol. The highest BCUT2D eigenvalue weighted by Gasteiger charge is 2.60. The Bertz CT molecular complexity index is 1130. The van der Waals surface area contributed by atoms with Crippen molar-refractivity contribution in [2.24, 2.45) is 23.3 Å². The van der Waals surface area contributed by atoms with E-state index in [4.69, 9.17) is 11.5 Å². The van der Waals surface area contributed by atoms with E-state index < -0.39 is 17.4 Å². The summed E-state index contributed by atoms with van der Waals surface area (Å²) in [5.41, 5.74) is 12.2. The van der Waals surface area contributed by atoms with Gasteiger partial charge >= 0.3 is 0 Å². The third kappa shape index (κ3) is 4.98. The van der Waals surface area contributed by atoms with Gasteiger partial charge in [0.15, 0.2) is 0 Å². The fraction of sp³-hybridized carbons (Fsp3) is 0.458. The lowest BCUT2D eigenvalue weighted by Crippen LogP contribution is -2.48. The Hall–Kier alpha value is -3.89. The molecule has 2 atom stereocenters. The van der Waals surface area contributed by atoms with Crippen LogP contribution in [0.5, 0.6) is 0 Å². The molecule has 2 aromatic rings. The van der Waals surface area contributed by atoms with Crippen LogP contribution in [0.4, 0.5) is 23.1 Å². The zero-order valence-electron chi connectivity index (χ0n) is 20.2. The number of anilines is 4. The average molecular weight is 481 g/mol. The van der Waals surface area contributed by atoms with Crippen molar-refractivity contribution in [1.29, 1.82) is 0 Å². The van der Waals surface area contributed by atoms with E-state index in [1.165, 1.54) is 6.20 Å². The maximum Gasteiger partial charge on any atom is 0.254 e. The summed E-state index contributed by atoms with van der Waals surface area (Å²) in [6.07, 6.45) is 1.94. The normalized spacial score (nSPS) is 21.5. The molecule has 6 N–H and O–H groups in total. The Balaban J connectivity index is 1.50. The molecule has 1 aliphatic carbocycles. The second-order valence-electron chi connectivity index (χ2n) is 9.50. The van der Waals surface area contributed by atoms with Crippen LogP contribution >= 0.6 is 0 Å². The van der Waals surface area contributed by atoms with Crippen LogP contribution in [0.1, 0.15) is 37.6 Å². The first kappa shape index (κ1) is 24.2. The number of piperazine rings is 1. The number of rotatable bonds is 8. The molecule has 2 heterocycles. The van der Waals surface area contributed by atoms with Crippen LogP contribution in [0.25, 0.3) is 0 Å². The Morgan fingerprint density at radius 1 is 1.09 bits per heavy atom. The lowest BCUT2D eigenvalue weighted by molar-refractivity contribution is -0.129. The maximum absolute atomic E-state index is 12.2. The first-order chi connectivity index (χ1) is 16.6. The molecule has 0 bridgehead atoms. The van der Waals surface area contributed by atoms with Gasteiger partial charge in [0, 0.05) is 50.7 Å². The van der Waals surface area contributed by atoms with Gasteiger partial charge in [0.1, 0.15) is 16.9 Å². The summed E-state index contributed by atoms with van der Waals surface area (Å²) in [5, 5.41) is 6.23. The minimum Gasteiger partial charge on any atom is -0.368 e. The highest BCUT2D eigenvalue weighted by Crippen LogP contribution is 2.50. The van der Waals surface area contributed by atoms with E-state index in [9.17, 15) is 14.4 Å². The first-order valence-electron chi connectivity index (χ1n) is 11.7. The molecule has 4 rings (SSSR count). The minimum absolute atomic E-state index is 0.0840. The molecule has 1 saturated carbocycles. The van der Waals surface area contributed by atoms with Gasteiger partial charge < -0.3 is 31.9 Å². The number of carbonyl (C=O) groups is 3. The number of nitrogens with zero attached hydrogens (tertiary/aromatic N) is 4. The summed E-state index contributed by atoms with van der Waals surface area (Å²) in [4.78, 5) is 48.4. The van der Waals surface area contributed by atoms with Crippen LogP contribution in [0, 0.1) is 11.8 Å². The van der Waals surface area contributed by atoms with Crippen molar-refractivity contribution in [2.75, 3.05) is 41.7 Å². The summed E-state index contributed by atoms with van der Waals surface area (Å²) < 4.78 is 0. The van der Waals surface area contributed by atoms with Crippen molar-refractivity contribution in [1.82, 2.24) is 14.9 Å². The quantitative estimate of drug-likeness (QED) is 0.440. The number of nitrogens with one attached hydrogen (secondary N) is 2. The molecule has 1 aromatic carbocycles. The van der Waals surface area contributed by atoms with E-state index in [0.717, 1.165) is 18.8 Å². The summed E-state index contributed by atoms with van der Waals surface area (Å²) in [6.45, 7) is 8.57. The lowest BCUT2D eigenvalue weighted by Gasteiger charge is -2.35. The van der Waals surface area contributed by atoms with E-state index in [2.05, 4.69) is 25.5 Å². The summed E-state index contributed by atoms with van der Waals surface area (Å²) in [5.74, 6) is -0.250. The van der Waals surface area contributed by atoms with E-state index in [1.807, 2.05) is 43.0 Å². The summed E-state index contributed by atoms with van der Waals surface area (Å²) in [6, 6.07) is 7.70. The van der Waals surface area contributed by atoms with E-state index in [1.54, 1.807) is 6.92 Å². The van der Waals surface area contributed by atoms with Crippen molar-refractivity contribution in [3.63, 3.8) is 0 Å². The molecule has 2 unspecified atom stereocenters. The molecule has 1 aromatic heterocycles. The molecule has 0 radical (unpaired) electrons. The van der Waals surface area contributed by atoms with Crippen LogP contribution in [-0.2, 0) is 9.59 Å². The Labute approximate surface area is 204 Å². The topological polar surface area (TPSA) is 160 Å². The Kier molecular flexibility index (Phi) is 6.51. The number of hydrogen-bond acceptors (Lipinski definition) is 8. The highest BCUT2D eigenvalue weighted by atomic mass is 16.2. The van der Waals surface area contributed by atoms with Gasteiger partial charge in [-0.2, -0.15) is 4.98 Å². The fourth-order valence-electron chi connectivity index (χ4n) is 4.67. The van der Waals surface area contributed by atoms with Crippen LogP contribution in [0.2, 0.25) is 0 Å². The molecule has 0 spiro atoms. The number of benzene rings is 1. The van der Waals surface area contributed by atoms with Gasteiger partial charge in [0.2, 0.25) is 17.8 Å². The van der Waals surface area contributed by atoms with Crippen LogP contribution in [-0.4, -0.2) is 64.3 Å². The minimum atomic E-state index is -0.895. The first-order valence-corrected chi connectivity index (χ1v) is 11.7. The number of hydrogen-bond donors (Lipinski definition) is 4. The van der Waals surface area contributed by atoms with E-state index >= 15 is 0 Å². The molecular weight excluding hydrogens is 448 g/mol. The average Bonchev–Trinajstić information content (AvgIpc) is 3.56. The highest BCUT2D eigenvalue weighted by molar-refractivity contribution is 5.98. The summed E-state index contributed by atoms with van der Waals surface area (Å²) >= 11 is 0. The van der Waals surface area contributed by atoms with Gasteiger partial charge in [0.05, 0.1) is 0 Å². The molecule has 11 heteroatoms. The molecule has 11 nitrogen and oxygen atoms in total. The number of amides is 3. The number of carbonyl (C=O) groups excluding carboxylic acids is 3. The van der Waals surface area contributed by atoms with Gasteiger partial charge in [-0.15, -0.1) is 0 Å². The number of primary amides is 2. The van der Waals surface area contributed by atoms with Crippen molar-refractivity contribution in [3.05, 3.63) is 36.0 Å². The molecule has 3 amide bonds. The maximum atomic E-state index is 12.2. The van der Waals surface area contributed by atoms with Crippen LogP contribution in [0.3, 0.4) is 0 Å². The van der Waals surface area contributed by atoms with Crippen molar-refractivity contribution in [3.8, 4) is 0 Å². The second-order valence-corrected chi connectivity index (χ2v) is 9.50. The third-order valence-electron chi connectivity index (χ3n) is 6.87. The zero-order chi connectivity index (χ0) is 25.3. The summed E-state index contributed by atoms with van der Waals surface area (Å²) in [7, 11) is 0. The van der Waals surface area contributed by atoms with Gasteiger partial charge in [-0.3, -0.25) is 14.4 Å². The molecule has 2 fully saturated rings. The molecule has 1 aliphatic heterocycles. The molecule has 35 heavy (non-hydrogen) atoms. The predicted octanol–water partition coefficient (Wildman–Crippen LogP) is 1.30. The second kappa shape index (κ2) is 9.40. The van der Waals surface area contributed by atoms with Crippen LogP contribution in [0.15, 0.2) is 30.5 Å². The van der Waals surface area contributed by atoms with E-state index in [-0.39, 0.29) is 35.1 Å². The SMILES string of the molecule is CC(=O)N1CCN(c2ccc(Nc3nc(NC4(C(N)=O)CC4C(C)C)ncc3C(N)=O)cc2)CC1. The monoisotopic (exact) mass is 480 g/mol. The Morgan fingerprint density at radius 2 is 1.74 bits per heavy atom. The van der Waals surface area contributed by atoms with Crippen LogP contribution < -0.4 is 27.0 Å². The number of nitrogens with two attached hydrogens (primary N) is 2. The number of aromatic nitrogens is 2. The molecule has 2 aliphatic rings. The fourth-order valence-corrected chi connectivity index (χ4v) is 4.67. The largest absolute Gasteiger partial charge is 0.368 e. The van der Waals surface area contributed by atoms with E-state index in [0.29, 0.717) is 25.2 Å². The molecule has 1 saturated heterocycles. The lowest BCUT2D eigenvalue weighted by atomic mass is 10.0. The Morgan fingerprint density at radius 3 is 2.26 bits per heavy atom. The van der Waals surface area contributed by atoms with Crippen molar-refractivity contribution in [2.45, 2.75) is 32.7 Å². The van der Waals surface area contributed by atoms with Gasteiger partial charge in [-0.25, -0.2) is 4.98 Å². The molecule has 186 valence electrons. The third-order valence-corrected chi connectivity index (χ3v) is 6.87. The van der Waals surface area contributed by atoms with Gasteiger partial charge in [-0.1, -0.05) is 13.8 Å². The smallest absolute Gasteiger partial charge is 0.254 e. The van der Waals surface area contributed by atoms with Crippen molar-refractivity contribution < 1.29 is 14.4 Å². The van der Waals surface area contributed by atoms with Crippen molar-refractivity contribution >= 4 is 40.9 Å². The zero-order valence-corrected chi connectivity index (χ0v) is 20.2.